The number of benzene rings is 1. The van der Waals surface area contributed by atoms with Crippen molar-refractivity contribution in [2.45, 2.75) is 38.9 Å². The number of carbonyl (C=O) groups excluding carboxylic acids is 1. The zero-order valence-electron chi connectivity index (χ0n) is 19.0. The smallest absolute Gasteiger partial charge is 0.252 e. The van der Waals surface area contributed by atoms with E-state index in [-0.39, 0.29) is 11.7 Å². The van der Waals surface area contributed by atoms with Gasteiger partial charge < -0.3 is 19.3 Å². The predicted molar refractivity (Wildman–Crippen MR) is 128 cm³/mol. The van der Waals surface area contributed by atoms with E-state index in [9.17, 15) is 4.79 Å². The van der Waals surface area contributed by atoms with Gasteiger partial charge >= 0.3 is 0 Å². The molecule has 0 saturated carbocycles. The van der Waals surface area contributed by atoms with Crippen molar-refractivity contribution in [1.82, 2.24) is 9.80 Å². The molecule has 2 unspecified atom stereocenters. The third kappa shape index (κ3) is 4.44. The highest BCUT2D eigenvalue weighted by Crippen LogP contribution is 2.49. The summed E-state index contributed by atoms with van der Waals surface area (Å²) in [5.41, 5.74) is 3.74. The Labute approximate surface area is 187 Å². The maximum Gasteiger partial charge on any atom is 0.252 e. The molecule has 3 aliphatic heterocycles. The molecule has 1 aromatic carbocycles. The van der Waals surface area contributed by atoms with Gasteiger partial charge in [0.25, 0.3) is 5.91 Å². The number of piperidine rings is 1. The van der Waals surface area contributed by atoms with Gasteiger partial charge in [0.15, 0.2) is 11.5 Å². The summed E-state index contributed by atoms with van der Waals surface area (Å²) < 4.78 is 10.8. The van der Waals surface area contributed by atoms with Crippen LogP contribution in [0.3, 0.4) is 0 Å². The molecule has 3 heterocycles. The van der Waals surface area contributed by atoms with Crippen molar-refractivity contribution in [3.63, 3.8) is 0 Å². The summed E-state index contributed by atoms with van der Waals surface area (Å²) in [7, 11) is 3.79. The average molecular weight is 441 g/mol. The lowest BCUT2D eigenvalue weighted by molar-refractivity contribution is -0.124. The average Bonchev–Trinajstić information content (AvgIpc) is 2.83. The lowest BCUT2D eigenvalue weighted by Crippen LogP contribution is -2.40. The molecule has 1 fully saturated rings. The first-order valence-corrected chi connectivity index (χ1v) is 12.3. The van der Waals surface area contributed by atoms with Crippen LogP contribution in [0.15, 0.2) is 47.7 Å². The van der Waals surface area contributed by atoms with Crippen LogP contribution in [0.4, 0.5) is 0 Å². The van der Waals surface area contributed by atoms with E-state index in [4.69, 9.17) is 9.47 Å². The Balaban J connectivity index is 1.60. The van der Waals surface area contributed by atoms with Gasteiger partial charge in [0.1, 0.15) is 0 Å². The molecule has 0 N–H and O–H groups in total. The van der Waals surface area contributed by atoms with E-state index < -0.39 is 0 Å². The minimum absolute atomic E-state index is 0.0797. The van der Waals surface area contributed by atoms with Gasteiger partial charge in [-0.3, -0.25) is 4.79 Å². The fraction of sp³-hybridized carbons (Fsp3) is 0.480. The van der Waals surface area contributed by atoms with Crippen LogP contribution < -0.4 is 9.47 Å². The van der Waals surface area contributed by atoms with Crippen LogP contribution in [0, 0.1) is 5.92 Å². The van der Waals surface area contributed by atoms with Crippen molar-refractivity contribution in [2.24, 2.45) is 5.92 Å². The molecular weight excluding hydrogens is 407 g/mol. The molecule has 166 valence electrons. The summed E-state index contributed by atoms with van der Waals surface area (Å²) in [4.78, 5) is 17.7. The number of rotatable bonds is 6. The first kappa shape index (κ1) is 22.1. The van der Waals surface area contributed by atoms with E-state index in [2.05, 4.69) is 31.0 Å². The van der Waals surface area contributed by atoms with Crippen LogP contribution in [0.5, 0.6) is 11.5 Å². The maximum absolute atomic E-state index is 13.2. The van der Waals surface area contributed by atoms with Gasteiger partial charge in [0, 0.05) is 12.3 Å². The summed E-state index contributed by atoms with van der Waals surface area (Å²) in [6, 6.07) is 5.90. The molecule has 6 heteroatoms. The highest BCUT2D eigenvalue weighted by molar-refractivity contribution is 7.51. The van der Waals surface area contributed by atoms with E-state index in [0.29, 0.717) is 26.0 Å². The number of likely N-dealkylation sites (tertiary alicyclic amines) is 1. The Hall–Kier alpha value is -2.10. The van der Waals surface area contributed by atoms with E-state index in [1.54, 1.807) is 14.2 Å². The van der Waals surface area contributed by atoms with Gasteiger partial charge in [-0.15, -0.1) is 0 Å². The number of methoxy groups -OCH3 is 2. The molecule has 4 rings (SSSR count). The first-order chi connectivity index (χ1) is 15.1. The molecule has 1 amide bonds. The van der Waals surface area contributed by atoms with Crippen LogP contribution in [0.1, 0.15) is 38.7 Å². The zero-order chi connectivity index (χ0) is 22.0. The summed E-state index contributed by atoms with van der Waals surface area (Å²) in [6.45, 7) is 7.86. The Morgan fingerprint density at radius 3 is 2.45 bits per heavy atom. The number of carbonyl (C=O) groups is 1. The van der Waals surface area contributed by atoms with E-state index in [1.807, 2.05) is 29.2 Å². The van der Waals surface area contributed by atoms with Crippen molar-refractivity contribution >= 4 is 19.8 Å². The second kappa shape index (κ2) is 9.58. The number of amides is 1. The molecule has 0 spiro atoms. The fourth-order valence-electron chi connectivity index (χ4n) is 4.76. The van der Waals surface area contributed by atoms with Gasteiger partial charge in [0.05, 0.1) is 20.0 Å². The second-order valence-corrected chi connectivity index (χ2v) is 9.70. The maximum atomic E-state index is 13.2. The lowest BCUT2D eigenvalue weighted by atomic mass is 9.86. The minimum atomic E-state index is 0.0797. The quantitative estimate of drug-likeness (QED) is 0.593. The van der Waals surface area contributed by atoms with Gasteiger partial charge in [-0.2, -0.15) is 0 Å². The monoisotopic (exact) mass is 440 g/mol. The van der Waals surface area contributed by atoms with Crippen LogP contribution in [0.25, 0.3) is 5.31 Å². The van der Waals surface area contributed by atoms with E-state index in [1.165, 1.54) is 24.0 Å². The van der Waals surface area contributed by atoms with E-state index >= 15 is 0 Å². The van der Waals surface area contributed by atoms with Gasteiger partial charge in [-0.25, -0.2) is 0 Å². The first-order valence-electron chi connectivity index (χ1n) is 11.2. The van der Waals surface area contributed by atoms with Crippen molar-refractivity contribution in [3.8, 4) is 11.5 Å². The number of ether oxygens (including phenoxy) is 2. The number of allylic oxidation sites excluding steroid dienone is 2. The van der Waals surface area contributed by atoms with Crippen LogP contribution in [0.2, 0.25) is 0 Å². The molecule has 0 radical (unpaired) electrons. The molecule has 3 aliphatic rings. The van der Waals surface area contributed by atoms with Crippen molar-refractivity contribution in [3.05, 3.63) is 53.3 Å². The van der Waals surface area contributed by atoms with Crippen molar-refractivity contribution in [2.75, 3.05) is 33.9 Å². The molecule has 1 saturated heterocycles. The standard InChI is InChI=1S/C25H33N2O3P/c1-5-17-13-20(18-9-11-26(6-2)12-10-18)16-27-24(28)15-23(31-25(17)27)19-7-8-21(29-3)22(14-19)30-4/h7-8,13-16,18,25,31H,5-6,9-12H2,1-4H3. The van der Waals surface area contributed by atoms with Crippen LogP contribution in [-0.4, -0.2) is 55.3 Å². The Bertz CT molecular complexity index is 929. The number of fused-ring (bicyclic) bond motifs is 1. The topological polar surface area (TPSA) is 42.0 Å². The Morgan fingerprint density at radius 2 is 1.81 bits per heavy atom. The van der Waals surface area contributed by atoms with Gasteiger partial charge in [0.2, 0.25) is 0 Å². The molecule has 0 bridgehead atoms. The summed E-state index contributed by atoms with van der Waals surface area (Å²) in [5, 5.41) is 1.08. The molecule has 2 atom stereocenters. The number of hydrogen-bond donors (Lipinski definition) is 0. The highest BCUT2D eigenvalue weighted by atomic mass is 31.1. The molecule has 5 nitrogen and oxygen atoms in total. The SMILES string of the molecule is CCC1=CC(C2CCN(CC)CC2)=CN2C(=O)C=C(c3ccc(OC)c(OC)c3)PC12. The Morgan fingerprint density at radius 1 is 1.06 bits per heavy atom. The number of hydrogen-bond acceptors (Lipinski definition) is 4. The Kier molecular flexibility index (Phi) is 6.83. The third-order valence-corrected chi connectivity index (χ3v) is 8.36. The van der Waals surface area contributed by atoms with E-state index in [0.717, 1.165) is 36.9 Å². The summed E-state index contributed by atoms with van der Waals surface area (Å²) in [6.07, 6.45) is 9.66. The zero-order valence-corrected chi connectivity index (χ0v) is 20.0. The molecule has 31 heavy (non-hydrogen) atoms. The van der Waals surface area contributed by atoms with Crippen LogP contribution >= 0.6 is 8.58 Å². The molecule has 0 aliphatic carbocycles. The van der Waals surface area contributed by atoms with Crippen molar-refractivity contribution in [1.29, 1.82) is 0 Å². The minimum Gasteiger partial charge on any atom is -0.493 e. The van der Waals surface area contributed by atoms with Crippen LogP contribution in [-0.2, 0) is 4.79 Å². The van der Waals surface area contributed by atoms with Gasteiger partial charge in [-0.1, -0.05) is 34.6 Å². The molecular formula is C25H33N2O3P. The highest BCUT2D eigenvalue weighted by Gasteiger charge is 2.34. The lowest BCUT2D eigenvalue weighted by Gasteiger charge is -2.40. The normalized spacial score (nSPS) is 23.2. The summed E-state index contributed by atoms with van der Waals surface area (Å²) >= 11 is 0. The fourth-order valence-corrected chi connectivity index (χ4v) is 6.39. The molecule has 1 aromatic rings. The second-order valence-electron chi connectivity index (χ2n) is 8.33. The third-order valence-electron chi connectivity index (χ3n) is 6.69. The largest absolute Gasteiger partial charge is 0.493 e. The summed E-state index contributed by atoms with van der Waals surface area (Å²) in [5.74, 6) is 2.15. The number of nitrogens with zero attached hydrogens (tertiary/aromatic N) is 2. The predicted octanol–water partition coefficient (Wildman–Crippen LogP) is 4.86. The molecule has 0 aromatic heterocycles. The van der Waals surface area contributed by atoms with Gasteiger partial charge in [-0.05, 0) is 79.0 Å². The van der Waals surface area contributed by atoms with Crippen molar-refractivity contribution < 1.29 is 14.3 Å².